The minimum absolute atomic E-state index is 0.279. The molecule has 0 aromatic heterocycles. The van der Waals surface area contributed by atoms with Crippen molar-refractivity contribution in [3.8, 4) is 11.1 Å². The van der Waals surface area contributed by atoms with Crippen LogP contribution in [0.25, 0.3) is 11.1 Å². The molecule has 0 atom stereocenters. The zero-order chi connectivity index (χ0) is 20.4. The largest absolute Gasteiger partial charge is 0.502 e. The topological polar surface area (TPSA) is 46.5 Å². The van der Waals surface area contributed by atoms with Crippen LogP contribution in [0.2, 0.25) is 0 Å². The van der Waals surface area contributed by atoms with Crippen molar-refractivity contribution in [1.82, 2.24) is 0 Å². The number of hydrogen-bond donors (Lipinski definition) is 1. The molecule has 0 aliphatic rings. The molecule has 3 nitrogen and oxygen atoms in total. The maximum Gasteiger partial charge on any atom is 0.372 e. The van der Waals surface area contributed by atoms with Crippen LogP contribution >= 0.6 is 0 Å². The number of rotatable bonds is 11. The van der Waals surface area contributed by atoms with Gasteiger partial charge in [-0.15, -0.1) is 0 Å². The number of ether oxygens (including phenoxy) is 1. The van der Waals surface area contributed by atoms with E-state index < -0.39 is 11.7 Å². The number of benzene rings is 2. The highest BCUT2D eigenvalue weighted by molar-refractivity contribution is 5.84. The lowest BCUT2D eigenvalue weighted by Crippen LogP contribution is -2.08. The Hall–Kier alpha value is -2.55. The van der Waals surface area contributed by atoms with Crippen molar-refractivity contribution in [2.45, 2.75) is 58.8 Å². The lowest BCUT2D eigenvalue weighted by molar-refractivity contribution is -0.142. The average molecular weight is 381 g/mol. The van der Waals surface area contributed by atoms with Gasteiger partial charge in [0.2, 0.25) is 0 Å². The van der Waals surface area contributed by atoms with E-state index in [4.69, 9.17) is 9.84 Å². The summed E-state index contributed by atoms with van der Waals surface area (Å²) in [6.45, 7) is 7.85. The van der Waals surface area contributed by atoms with Crippen molar-refractivity contribution in [3.63, 3.8) is 0 Å². The standard InChI is InChI=1S/C25H32O3/c1-4-6-7-9-20-11-14-23(15-12-20)24-16-13-21(18-22(24)5-2)10-8-17-28-25(27)19(3)26/h11-16,18,26H,3-10,17H2,1-2H3. The molecule has 0 saturated carbocycles. The molecule has 150 valence electrons. The van der Waals surface area contributed by atoms with Gasteiger partial charge in [-0.05, 0) is 66.5 Å². The molecule has 0 radical (unpaired) electrons. The predicted octanol–water partition coefficient (Wildman–Crippen LogP) is 6.20. The lowest BCUT2D eigenvalue weighted by atomic mass is 9.94. The zero-order valence-corrected chi connectivity index (χ0v) is 17.2. The van der Waals surface area contributed by atoms with E-state index in [1.165, 1.54) is 47.1 Å². The van der Waals surface area contributed by atoms with Gasteiger partial charge in [-0.25, -0.2) is 4.79 Å². The van der Waals surface area contributed by atoms with Gasteiger partial charge in [-0.2, -0.15) is 0 Å². The summed E-state index contributed by atoms with van der Waals surface area (Å²) >= 11 is 0. The molecule has 1 N–H and O–H groups in total. The molecule has 0 heterocycles. The summed E-state index contributed by atoms with van der Waals surface area (Å²) in [6.07, 6.45) is 7.47. The predicted molar refractivity (Wildman–Crippen MR) is 116 cm³/mol. The van der Waals surface area contributed by atoms with Crippen LogP contribution < -0.4 is 0 Å². The fourth-order valence-electron chi connectivity index (χ4n) is 3.33. The molecule has 2 aromatic rings. The highest BCUT2D eigenvalue weighted by atomic mass is 16.5. The van der Waals surface area contributed by atoms with Crippen LogP contribution in [0.1, 0.15) is 56.2 Å². The van der Waals surface area contributed by atoms with Crippen LogP contribution in [0, 0.1) is 0 Å². The molecule has 3 heteroatoms. The van der Waals surface area contributed by atoms with Gasteiger partial charge in [-0.3, -0.25) is 0 Å². The Balaban J connectivity index is 1.98. The quantitative estimate of drug-likeness (QED) is 0.219. The van der Waals surface area contributed by atoms with Gasteiger partial charge < -0.3 is 9.84 Å². The maximum absolute atomic E-state index is 11.2. The minimum Gasteiger partial charge on any atom is -0.502 e. The Labute approximate surface area is 169 Å². The first-order chi connectivity index (χ1) is 13.5. The van der Waals surface area contributed by atoms with E-state index in [2.05, 4.69) is 62.9 Å². The van der Waals surface area contributed by atoms with Crippen molar-refractivity contribution < 1.29 is 14.6 Å². The highest BCUT2D eigenvalue weighted by Gasteiger charge is 2.08. The molecule has 2 aromatic carbocycles. The second-order valence-electron chi connectivity index (χ2n) is 7.19. The lowest BCUT2D eigenvalue weighted by Gasteiger charge is -2.12. The summed E-state index contributed by atoms with van der Waals surface area (Å²) in [4.78, 5) is 11.2. The van der Waals surface area contributed by atoms with Gasteiger partial charge in [0.15, 0.2) is 5.76 Å². The summed E-state index contributed by atoms with van der Waals surface area (Å²) in [7, 11) is 0. The summed E-state index contributed by atoms with van der Waals surface area (Å²) in [5.74, 6) is -1.29. The van der Waals surface area contributed by atoms with Gasteiger partial charge in [0.25, 0.3) is 0 Å². The summed E-state index contributed by atoms with van der Waals surface area (Å²) < 4.78 is 4.93. The summed E-state index contributed by atoms with van der Waals surface area (Å²) in [5.41, 5.74) is 6.52. The van der Waals surface area contributed by atoms with Crippen molar-refractivity contribution in [3.05, 3.63) is 71.5 Å². The third kappa shape index (κ3) is 6.56. The molecule has 0 spiro atoms. The van der Waals surface area contributed by atoms with Crippen LogP contribution in [0.15, 0.2) is 54.8 Å². The van der Waals surface area contributed by atoms with Crippen LogP contribution in [0.3, 0.4) is 0 Å². The fourth-order valence-corrected chi connectivity index (χ4v) is 3.33. The number of aliphatic hydroxyl groups excluding tert-OH is 1. The second kappa shape index (κ2) is 11.3. The van der Waals surface area contributed by atoms with Gasteiger partial charge in [0.05, 0.1) is 6.61 Å². The molecular formula is C25H32O3. The number of carbonyl (C=O) groups is 1. The SMILES string of the molecule is C=C(O)C(=O)OCCCc1ccc(-c2ccc(CCCCC)cc2)c(CC)c1. The van der Waals surface area contributed by atoms with Crippen LogP contribution in [-0.4, -0.2) is 17.7 Å². The molecule has 0 unspecified atom stereocenters. The Morgan fingerprint density at radius 3 is 2.29 bits per heavy atom. The first-order valence-electron chi connectivity index (χ1n) is 10.3. The van der Waals surface area contributed by atoms with E-state index in [1.807, 2.05) is 0 Å². The smallest absolute Gasteiger partial charge is 0.372 e. The fraction of sp³-hybridized carbons (Fsp3) is 0.400. The number of unbranched alkanes of at least 4 members (excludes halogenated alkanes) is 2. The minimum atomic E-state index is -0.747. The number of esters is 1. The van der Waals surface area contributed by atoms with Gasteiger partial charge >= 0.3 is 5.97 Å². The van der Waals surface area contributed by atoms with Gasteiger partial charge in [-0.1, -0.05) is 69.2 Å². The molecule has 2 rings (SSSR count). The van der Waals surface area contributed by atoms with E-state index in [-0.39, 0.29) is 6.61 Å². The molecule has 0 amide bonds. The normalized spacial score (nSPS) is 10.6. The van der Waals surface area contributed by atoms with Crippen LogP contribution in [0.5, 0.6) is 0 Å². The first-order valence-corrected chi connectivity index (χ1v) is 10.3. The monoisotopic (exact) mass is 380 g/mol. The molecule has 28 heavy (non-hydrogen) atoms. The third-order valence-corrected chi connectivity index (χ3v) is 4.96. The molecule has 0 aliphatic heterocycles. The Bertz CT molecular complexity index is 775. The van der Waals surface area contributed by atoms with E-state index in [0.717, 1.165) is 19.3 Å². The molecule has 0 bridgehead atoms. The second-order valence-corrected chi connectivity index (χ2v) is 7.19. The summed E-state index contributed by atoms with van der Waals surface area (Å²) in [5, 5.41) is 8.95. The number of carbonyl (C=O) groups excluding carboxylic acids is 1. The summed E-state index contributed by atoms with van der Waals surface area (Å²) in [6, 6.07) is 15.6. The highest BCUT2D eigenvalue weighted by Crippen LogP contribution is 2.26. The number of aliphatic hydroxyl groups is 1. The van der Waals surface area contributed by atoms with Crippen molar-refractivity contribution in [2.75, 3.05) is 6.61 Å². The molecule has 0 saturated heterocycles. The Morgan fingerprint density at radius 2 is 1.64 bits per heavy atom. The van der Waals surface area contributed by atoms with E-state index >= 15 is 0 Å². The number of aryl methyl sites for hydroxylation is 3. The van der Waals surface area contributed by atoms with Gasteiger partial charge in [0.1, 0.15) is 0 Å². The maximum atomic E-state index is 11.2. The van der Waals surface area contributed by atoms with Crippen LogP contribution in [0.4, 0.5) is 0 Å². The van der Waals surface area contributed by atoms with E-state index in [9.17, 15) is 4.79 Å². The molecule has 0 fully saturated rings. The number of hydrogen-bond acceptors (Lipinski definition) is 3. The first kappa shape index (κ1) is 21.7. The Kier molecular flexibility index (Phi) is 8.80. The molecular weight excluding hydrogens is 348 g/mol. The van der Waals surface area contributed by atoms with Crippen LogP contribution in [-0.2, 0) is 28.8 Å². The Morgan fingerprint density at radius 1 is 0.964 bits per heavy atom. The van der Waals surface area contributed by atoms with Crippen molar-refractivity contribution in [1.29, 1.82) is 0 Å². The van der Waals surface area contributed by atoms with Crippen molar-refractivity contribution in [2.24, 2.45) is 0 Å². The van der Waals surface area contributed by atoms with E-state index in [1.54, 1.807) is 0 Å². The molecule has 0 aliphatic carbocycles. The average Bonchev–Trinajstić information content (AvgIpc) is 2.71. The van der Waals surface area contributed by atoms with Crippen molar-refractivity contribution >= 4 is 5.97 Å². The third-order valence-electron chi connectivity index (χ3n) is 4.96. The van der Waals surface area contributed by atoms with E-state index in [0.29, 0.717) is 6.42 Å². The zero-order valence-electron chi connectivity index (χ0n) is 17.2. The van der Waals surface area contributed by atoms with Gasteiger partial charge in [0, 0.05) is 0 Å².